The number of nitro groups is 1. The van der Waals surface area contributed by atoms with Crippen molar-refractivity contribution >= 4 is 17.6 Å². The van der Waals surface area contributed by atoms with Crippen LogP contribution in [-0.4, -0.2) is 30.1 Å². The summed E-state index contributed by atoms with van der Waals surface area (Å²) in [5, 5.41) is 13.1. The summed E-state index contributed by atoms with van der Waals surface area (Å²) in [6.45, 7) is 0.195. The third-order valence-electron chi connectivity index (χ3n) is 3.53. The molecule has 1 aliphatic rings. The van der Waals surface area contributed by atoms with Gasteiger partial charge in [0.15, 0.2) is 11.5 Å². The second kappa shape index (κ2) is 7.51. The molecule has 3 rings (SSSR count). The molecule has 9 nitrogen and oxygen atoms in total. The van der Waals surface area contributed by atoms with E-state index in [2.05, 4.69) is 5.32 Å². The van der Waals surface area contributed by atoms with Crippen molar-refractivity contribution in [1.82, 2.24) is 5.32 Å². The summed E-state index contributed by atoms with van der Waals surface area (Å²) in [5.41, 5.74) is 0.161. The molecule has 0 bridgehead atoms. The maximum absolute atomic E-state index is 11.9. The van der Waals surface area contributed by atoms with Gasteiger partial charge in [0, 0.05) is 30.3 Å². The highest BCUT2D eigenvalue weighted by Gasteiger charge is 2.15. The minimum atomic E-state index is -0.548. The molecule has 0 saturated heterocycles. The SMILES string of the molecule is O=C(CCNC(=O)c1ccc([N+](=O)[O-])cc1)Oc1ccc2c(c1)OCO2. The number of non-ortho nitro benzene ring substituents is 1. The van der Waals surface area contributed by atoms with Crippen molar-refractivity contribution in [3.05, 3.63) is 58.1 Å². The van der Waals surface area contributed by atoms with Crippen molar-refractivity contribution in [3.63, 3.8) is 0 Å². The number of hydrogen-bond donors (Lipinski definition) is 1. The first-order chi connectivity index (χ1) is 12.5. The van der Waals surface area contributed by atoms with Crippen LogP contribution in [0.2, 0.25) is 0 Å². The van der Waals surface area contributed by atoms with Gasteiger partial charge in [-0.1, -0.05) is 0 Å². The molecule has 9 heteroatoms. The van der Waals surface area contributed by atoms with Crippen LogP contribution in [0.3, 0.4) is 0 Å². The van der Waals surface area contributed by atoms with Gasteiger partial charge in [-0.15, -0.1) is 0 Å². The number of nitro benzene ring substituents is 1. The molecule has 0 aromatic heterocycles. The lowest BCUT2D eigenvalue weighted by molar-refractivity contribution is -0.384. The van der Waals surface area contributed by atoms with E-state index < -0.39 is 16.8 Å². The topological polar surface area (TPSA) is 117 Å². The van der Waals surface area contributed by atoms with Crippen molar-refractivity contribution in [3.8, 4) is 17.2 Å². The first-order valence-corrected chi connectivity index (χ1v) is 7.66. The molecule has 1 N–H and O–H groups in total. The van der Waals surface area contributed by atoms with Gasteiger partial charge in [0.05, 0.1) is 11.3 Å². The number of hydrogen-bond acceptors (Lipinski definition) is 7. The molecule has 134 valence electrons. The van der Waals surface area contributed by atoms with Gasteiger partial charge in [0.1, 0.15) is 5.75 Å². The summed E-state index contributed by atoms with van der Waals surface area (Å²) in [6.07, 6.45) is -0.0346. The van der Waals surface area contributed by atoms with Gasteiger partial charge in [-0.2, -0.15) is 0 Å². The van der Waals surface area contributed by atoms with Crippen molar-refractivity contribution in [2.24, 2.45) is 0 Å². The number of esters is 1. The molecule has 2 aromatic carbocycles. The zero-order valence-corrected chi connectivity index (χ0v) is 13.5. The van der Waals surface area contributed by atoms with Crippen LogP contribution in [0.5, 0.6) is 17.2 Å². The monoisotopic (exact) mass is 358 g/mol. The molecule has 0 spiro atoms. The highest BCUT2D eigenvalue weighted by atomic mass is 16.7. The van der Waals surface area contributed by atoms with Crippen LogP contribution in [0.15, 0.2) is 42.5 Å². The number of carbonyl (C=O) groups excluding carboxylic acids is 2. The predicted molar refractivity (Wildman–Crippen MR) is 88.2 cm³/mol. The fourth-order valence-electron chi connectivity index (χ4n) is 2.24. The van der Waals surface area contributed by atoms with Crippen LogP contribution in [0.4, 0.5) is 5.69 Å². The Hall–Kier alpha value is -3.62. The summed E-state index contributed by atoms with van der Waals surface area (Å²) >= 11 is 0. The van der Waals surface area contributed by atoms with Crippen molar-refractivity contribution in [2.45, 2.75) is 6.42 Å². The molecular formula is C17H14N2O7. The Balaban J connectivity index is 1.46. The van der Waals surface area contributed by atoms with Gasteiger partial charge in [-0.3, -0.25) is 19.7 Å². The van der Waals surface area contributed by atoms with Crippen LogP contribution in [-0.2, 0) is 4.79 Å². The lowest BCUT2D eigenvalue weighted by atomic mass is 10.2. The third-order valence-corrected chi connectivity index (χ3v) is 3.53. The summed E-state index contributed by atoms with van der Waals surface area (Å²) in [4.78, 5) is 33.8. The van der Waals surface area contributed by atoms with Gasteiger partial charge in [0.25, 0.3) is 11.6 Å². The highest BCUT2D eigenvalue weighted by molar-refractivity contribution is 5.94. The second-order valence-electron chi connectivity index (χ2n) is 5.30. The minimum absolute atomic E-state index is 0.0346. The number of nitrogens with zero attached hydrogens (tertiary/aromatic N) is 1. The van der Waals surface area contributed by atoms with Crippen molar-refractivity contribution in [2.75, 3.05) is 13.3 Å². The quantitative estimate of drug-likeness (QED) is 0.363. The number of amides is 1. The summed E-state index contributed by atoms with van der Waals surface area (Å²) in [5.74, 6) is 0.450. The Morgan fingerprint density at radius 3 is 2.58 bits per heavy atom. The van der Waals surface area contributed by atoms with E-state index in [1.165, 1.54) is 24.3 Å². The van der Waals surface area contributed by atoms with Gasteiger partial charge in [0.2, 0.25) is 6.79 Å². The molecule has 0 fully saturated rings. The van der Waals surface area contributed by atoms with Gasteiger partial charge >= 0.3 is 5.97 Å². The van der Waals surface area contributed by atoms with Crippen LogP contribution in [0.25, 0.3) is 0 Å². The molecule has 1 aliphatic heterocycles. The Morgan fingerprint density at radius 2 is 1.85 bits per heavy atom. The van der Waals surface area contributed by atoms with Crippen molar-refractivity contribution < 1.29 is 28.7 Å². The predicted octanol–water partition coefficient (Wildman–Crippen LogP) is 2.05. The van der Waals surface area contributed by atoms with Crippen molar-refractivity contribution in [1.29, 1.82) is 0 Å². The molecule has 26 heavy (non-hydrogen) atoms. The molecule has 0 saturated carbocycles. The normalized spacial score (nSPS) is 11.7. The molecule has 2 aromatic rings. The minimum Gasteiger partial charge on any atom is -0.454 e. The zero-order valence-electron chi connectivity index (χ0n) is 13.5. The lowest BCUT2D eigenvalue weighted by Crippen LogP contribution is -2.27. The van der Waals surface area contributed by atoms with Crippen LogP contribution in [0, 0.1) is 10.1 Å². The largest absolute Gasteiger partial charge is 0.454 e. The third kappa shape index (κ3) is 4.07. The number of benzene rings is 2. The van der Waals surface area contributed by atoms with Crippen LogP contribution >= 0.6 is 0 Å². The molecule has 1 amide bonds. The standard InChI is InChI=1S/C17H14N2O7/c20-16(26-13-5-6-14-15(9-13)25-10-24-14)7-8-18-17(21)11-1-3-12(4-2-11)19(22)23/h1-6,9H,7-8,10H2,(H,18,21). The van der Waals surface area contributed by atoms with E-state index in [1.807, 2.05) is 0 Å². The number of ether oxygens (including phenoxy) is 3. The molecular weight excluding hydrogens is 344 g/mol. The van der Waals surface area contributed by atoms with E-state index >= 15 is 0 Å². The zero-order chi connectivity index (χ0) is 18.5. The molecule has 1 heterocycles. The maximum atomic E-state index is 11.9. The summed E-state index contributed by atoms with van der Waals surface area (Å²) in [6, 6.07) is 9.94. The van der Waals surface area contributed by atoms with Gasteiger partial charge in [-0.25, -0.2) is 0 Å². The number of fused-ring (bicyclic) bond motifs is 1. The average molecular weight is 358 g/mol. The van der Waals surface area contributed by atoms with E-state index in [-0.39, 0.29) is 31.0 Å². The lowest BCUT2D eigenvalue weighted by Gasteiger charge is -2.07. The Kier molecular flexibility index (Phi) is 4.97. The van der Waals surface area contributed by atoms with Crippen LogP contribution < -0.4 is 19.5 Å². The Morgan fingerprint density at radius 1 is 1.12 bits per heavy atom. The molecule has 0 radical (unpaired) electrons. The fraction of sp³-hybridized carbons (Fsp3) is 0.176. The molecule has 0 aliphatic carbocycles. The molecule has 0 atom stereocenters. The van der Waals surface area contributed by atoms with E-state index in [0.29, 0.717) is 17.2 Å². The first-order valence-electron chi connectivity index (χ1n) is 7.66. The number of rotatable bonds is 6. The number of nitrogens with one attached hydrogen (secondary N) is 1. The highest BCUT2D eigenvalue weighted by Crippen LogP contribution is 2.35. The smallest absolute Gasteiger partial charge is 0.312 e. The van der Waals surface area contributed by atoms with E-state index in [0.717, 1.165) is 0 Å². The first kappa shape index (κ1) is 17.2. The van der Waals surface area contributed by atoms with Gasteiger partial charge in [-0.05, 0) is 24.3 Å². The fourth-order valence-corrected chi connectivity index (χ4v) is 2.24. The summed E-state index contributed by atoms with van der Waals surface area (Å²) in [7, 11) is 0. The Bertz CT molecular complexity index is 849. The van der Waals surface area contributed by atoms with E-state index in [9.17, 15) is 19.7 Å². The number of carbonyl (C=O) groups is 2. The Labute approximate surface area is 147 Å². The maximum Gasteiger partial charge on any atom is 0.312 e. The second-order valence-corrected chi connectivity index (χ2v) is 5.30. The van der Waals surface area contributed by atoms with Crippen LogP contribution in [0.1, 0.15) is 16.8 Å². The summed E-state index contributed by atoms with van der Waals surface area (Å²) < 4.78 is 15.5. The van der Waals surface area contributed by atoms with E-state index in [4.69, 9.17) is 14.2 Å². The average Bonchev–Trinajstić information content (AvgIpc) is 3.09. The van der Waals surface area contributed by atoms with Gasteiger partial charge < -0.3 is 19.5 Å². The van der Waals surface area contributed by atoms with E-state index in [1.54, 1.807) is 18.2 Å². The molecule has 0 unspecified atom stereocenters.